The Morgan fingerprint density at radius 2 is 2.24 bits per heavy atom. The lowest BCUT2D eigenvalue weighted by Gasteiger charge is -2.07. The number of hydrogen-bond acceptors (Lipinski definition) is 4. The van der Waals surface area contributed by atoms with Crippen molar-refractivity contribution in [3.8, 4) is 0 Å². The van der Waals surface area contributed by atoms with Crippen LogP contribution in [0.25, 0.3) is 0 Å². The number of benzene rings is 1. The maximum absolute atomic E-state index is 11.8. The number of nitro benzene ring substituents is 1. The highest BCUT2D eigenvalue weighted by Crippen LogP contribution is 2.26. The summed E-state index contributed by atoms with van der Waals surface area (Å²) in [5, 5.41) is 17.7. The number of aromatic nitrogens is 2. The number of aryl methyl sites for hydroxylation is 2. The van der Waals surface area contributed by atoms with Gasteiger partial charge in [-0.15, -0.1) is 0 Å². The molecule has 0 saturated heterocycles. The van der Waals surface area contributed by atoms with Gasteiger partial charge in [0.05, 0.1) is 21.3 Å². The topological polar surface area (TPSA) is 90.1 Å². The number of nitro groups is 1. The van der Waals surface area contributed by atoms with Crippen molar-refractivity contribution in [2.75, 3.05) is 5.32 Å². The molecule has 0 unspecified atom stereocenters. The third-order valence-electron chi connectivity index (χ3n) is 2.78. The van der Waals surface area contributed by atoms with E-state index in [2.05, 4.69) is 10.4 Å². The number of amides is 1. The molecule has 7 nitrogen and oxygen atoms in total. The second-order valence-electron chi connectivity index (χ2n) is 4.44. The Kier molecular flexibility index (Phi) is 4.54. The van der Waals surface area contributed by atoms with Crippen LogP contribution in [0.4, 0.5) is 11.4 Å². The van der Waals surface area contributed by atoms with Gasteiger partial charge in [-0.25, -0.2) is 0 Å². The fourth-order valence-corrected chi connectivity index (χ4v) is 1.90. The molecule has 0 aliphatic rings. The van der Waals surface area contributed by atoms with Gasteiger partial charge < -0.3 is 5.32 Å². The minimum atomic E-state index is -0.543. The number of anilines is 1. The van der Waals surface area contributed by atoms with Crippen LogP contribution in [0.15, 0.2) is 30.5 Å². The molecule has 0 spiro atoms. The number of carbonyl (C=O) groups is 1. The second-order valence-corrected chi connectivity index (χ2v) is 4.85. The van der Waals surface area contributed by atoms with Gasteiger partial charge in [0, 0.05) is 31.3 Å². The Bertz CT molecular complexity index is 684. The first-order chi connectivity index (χ1) is 9.95. The van der Waals surface area contributed by atoms with Gasteiger partial charge in [-0.1, -0.05) is 11.6 Å². The van der Waals surface area contributed by atoms with Crippen LogP contribution in [0.1, 0.15) is 12.1 Å². The molecule has 0 radical (unpaired) electrons. The predicted octanol–water partition coefficient (Wildman–Crippen LogP) is 2.78. The van der Waals surface area contributed by atoms with Crippen LogP contribution >= 0.6 is 11.6 Å². The molecule has 1 aromatic carbocycles. The molecule has 8 heteroatoms. The van der Waals surface area contributed by atoms with Crippen molar-refractivity contribution in [1.82, 2.24) is 9.78 Å². The average Bonchev–Trinajstić information content (AvgIpc) is 2.84. The molecule has 0 atom stereocenters. The number of hydrogen-bond donors (Lipinski definition) is 1. The summed E-state index contributed by atoms with van der Waals surface area (Å²) < 4.78 is 1.66. The van der Waals surface area contributed by atoms with E-state index in [1.165, 1.54) is 18.2 Å². The summed E-state index contributed by atoms with van der Waals surface area (Å²) >= 11 is 5.91. The summed E-state index contributed by atoms with van der Waals surface area (Å²) in [7, 11) is 0. The zero-order valence-corrected chi connectivity index (χ0v) is 12.0. The molecule has 1 aromatic heterocycles. The monoisotopic (exact) mass is 308 g/mol. The van der Waals surface area contributed by atoms with E-state index in [9.17, 15) is 14.9 Å². The minimum absolute atomic E-state index is 0.127. The quantitative estimate of drug-likeness (QED) is 0.679. The van der Waals surface area contributed by atoms with Gasteiger partial charge in [-0.2, -0.15) is 5.10 Å². The fourth-order valence-electron chi connectivity index (χ4n) is 1.74. The first-order valence-electron chi connectivity index (χ1n) is 6.19. The second kappa shape index (κ2) is 6.36. The van der Waals surface area contributed by atoms with E-state index in [0.29, 0.717) is 6.54 Å². The van der Waals surface area contributed by atoms with Crippen molar-refractivity contribution in [1.29, 1.82) is 0 Å². The predicted molar refractivity (Wildman–Crippen MR) is 78.3 cm³/mol. The zero-order valence-electron chi connectivity index (χ0n) is 11.2. The number of nitrogens with one attached hydrogen (secondary N) is 1. The molecule has 110 valence electrons. The average molecular weight is 309 g/mol. The molecule has 2 aromatic rings. The first kappa shape index (κ1) is 15.0. The third-order valence-corrected chi connectivity index (χ3v) is 3.11. The molecule has 0 aliphatic carbocycles. The van der Waals surface area contributed by atoms with Gasteiger partial charge in [-0.3, -0.25) is 19.6 Å². The Morgan fingerprint density at radius 3 is 2.86 bits per heavy atom. The summed E-state index contributed by atoms with van der Waals surface area (Å²) in [6.07, 6.45) is 1.98. The lowest BCUT2D eigenvalue weighted by molar-refractivity contribution is -0.384. The molecule has 21 heavy (non-hydrogen) atoms. The number of non-ortho nitro benzene ring substituents is 1. The summed E-state index contributed by atoms with van der Waals surface area (Å²) in [6, 6.07) is 5.74. The number of nitrogens with zero attached hydrogens (tertiary/aromatic N) is 3. The zero-order chi connectivity index (χ0) is 15.4. The SMILES string of the molecule is Cc1ccn(CCC(=O)Nc2cc([N+](=O)[O-])ccc2Cl)n1. The molecular formula is C13H13ClN4O3. The van der Waals surface area contributed by atoms with Gasteiger partial charge in [0.15, 0.2) is 0 Å². The highest BCUT2D eigenvalue weighted by atomic mass is 35.5. The van der Waals surface area contributed by atoms with Crippen LogP contribution in [0.3, 0.4) is 0 Å². The molecule has 0 aliphatic heterocycles. The highest BCUT2D eigenvalue weighted by molar-refractivity contribution is 6.33. The Balaban J connectivity index is 1.99. The lowest BCUT2D eigenvalue weighted by Crippen LogP contribution is -2.15. The fraction of sp³-hybridized carbons (Fsp3) is 0.231. The molecule has 1 N–H and O–H groups in total. The van der Waals surface area contributed by atoms with Gasteiger partial charge in [-0.05, 0) is 19.1 Å². The lowest BCUT2D eigenvalue weighted by atomic mass is 10.2. The van der Waals surface area contributed by atoms with Crippen LogP contribution < -0.4 is 5.32 Å². The van der Waals surface area contributed by atoms with Gasteiger partial charge in [0.25, 0.3) is 5.69 Å². The molecule has 0 fully saturated rings. The number of carbonyl (C=O) groups excluding carboxylic acids is 1. The molecular weight excluding hydrogens is 296 g/mol. The molecule has 1 amide bonds. The Hall–Kier alpha value is -2.41. The standard InChI is InChI=1S/C13H13ClN4O3/c1-9-4-6-17(16-9)7-5-13(19)15-12-8-10(18(20)21)2-3-11(12)14/h2-4,6,8H,5,7H2,1H3,(H,15,19). The van der Waals surface area contributed by atoms with Crippen molar-refractivity contribution >= 4 is 28.9 Å². The van der Waals surface area contributed by atoms with E-state index in [1.807, 2.05) is 13.0 Å². The maximum Gasteiger partial charge on any atom is 0.271 e. The van der Waals surface area contributed by atoms with Crippen molar-refractivity contribution in [2.45, 2.75) is 19.9 Å². The van der Waals surface area contributed by atoms with Crippen molar-refractivity contribution in [3.05, 3.63) is 51.3 Å². The first-order valence-corrected chi connectivity index (χ1v) is 6.57. The van der Waals surface area contributed by atoms with E-state index < -0.39 is 4.92 Å². The van der Waals surface area contributed by atoms with Crippen molar-refractivity contribution in [2.24, 2.45) is 0 Å². The van der Waals surface area contributed by atoms with Crippen LogP contribution in [0, 0.1) is 17.0 Å². The van der Waals surface area contributed by atoms with Gasteiger partial charge in [0.2, 0.25) is 5.91 Å². The largest absolute Gasteiger partial charge is 0.325 e. The van der Waals surface area contributed by atoms with Crippen LogP contribution in [0.2, 0.25) is 5.02 Å². The van der Waals surface area contributed by atoms with E-state index in [0.717, 1.165) is 5.69 Å². The van der Waals surface area contributed by atoms with Crippen LogP contribution in [-0.4, -0.2) is 20.6 Å². The molecule has 0 saturated carbocycles. The van der Waals surface area contributed by atoms with E-state index in [-0.39, 0.29) is 28.7 Å². The molecule has 1 heterocycles. The minimum Gasteiger partial charge on any atom is -0.325 e. The van der Waals surface area contributed by atoms with Crippen molar-refractivity contribution < 1.29 is 9.72 Å². The number of rotatable bonds is 5. The van der Waals surface area contributed by atoms with E-state index in [4.69, 9.17) is 11.6 Å². The van der Waals surface area contributed by atoms with Gasteiger partial charge in [0.1, 0.15) is 0 Å². The Labute approximate surface area is 125 Å². The van der Waals surface area contributed by atoms with Crippen LogP contribution in [-0.2, 0) is 11.3 Å². The summed E-state index contributed by atoms with van der Waals surface area (Å²) in [4.78, 5) is 22.0. The van der Waals surface area contributed by atoms with Crippen LogP contribution in [0.5, 0.6) is 0 Å². The normalized spacial score (nSPS) is 10.4. The smallest absolute Gasteiger partial charge is 0.271 e. The molecule has 0 bridgehead atoms. The third kappa shape index (κ3) is 4.03. The summed E-state index contributed by atoms with van der Waals surface area (Å²) in [6.45, 7) is 2.28. The highest BCUT2D eigenvalue weighted by Gasteiger charge is 2.12. The number of halogens is 1. The molecule has 2 rings (SSSR count). The summed E-state index contributed by atoms with van der Waals surface area (Å²) in [5.74, 6) is -0.287. The van der Waals surface area contributed by atoms with E-state index >= 15 is 0 Å². The Morgan fingerprint density at radius 1 is 1.48 bits per heavy atom. The summed E-state index contributed by atoms with van der Waals surface area (Å²) in [5.41, 5.74) is 0.974. The van der Waals surface area contributed by atoms with Crippen molar-refractivity contribution in [3.63, 3.8) is 0 Å². The van der Waals surface area contributed by atoms with E-state index in [1.54, 1.807) is 10.9 Å². The van der Waals surface area contributed by atoms with Gasteiger partial charge >= 0.3 is 0 Å². The maximum atomic E-state index is 11.8.